The lowest BCUT2D eigenvalue weighted by atomic mass is 9.86. The van der Waals surface area contributed by atoms with Crippen molar-refractivity contribution in [3.63, 3.8) is 0 Å². The summed E-state index contributed by atoms with van der Waals surface area (Å²) in [7, 11) is 0. The zero-order valence-corrected chi connectivity index (χ0v) is 11.8. The minimum Gasteiger partial charge on any atom is -0.143 e. The smallest absolute Gasteiger partial charge is 0.0445 e. The largest absolute Gasteiger partial charge is 0.143 e. The van der Waals surface area contributed by atoms with E-state index in [4.69, 9.17) is 0 Å². The first-order valence-corrected chi connectivity index (χ1v) is 7.47. The Morgan fingerprint density at radius 3 is 2.56 bits per heavy atom. The van der Waals surface area contributed by atoms with Gasteiger partial charge in [-0.25, -0.2) is 0 Å². The van der Waals surface area contributed by atoms with Crippen LogP contribution in [0.2, 0.25) is 0 Å². The molecule has 0 fully saturated rings. The summed E-state index contributed by atoms with van der Waals surface area (Å²) in [5.41, 5.74) is 0.328. The van der Waals surface area contributed by atoms with Gasteiger partial charge < -0.3 is 0 Å². The highest BCUT2D eigenvalue weighted by Crippen LogP contribution is 2.38. The standard InChI is InChI=1S/C14H18S2/c1-4-9-14(2,3)13-8-7-12(16-13)11-6-5-10-15-11/h5-8,10H,4,9H2,1-3H3. The number of thiophene rings is 2. The molecule has 2 heteroatoms. The van der Waals surface area contributed by atoms with Crippen molar-refractivity contribution < 1.29 is 0 Å². The highest BCUT2D eigenvalue weighted by Gasteiger charge is 2.21. The van der Waals surface area contributed by atoms with Crippen molar-refractivity contribution in [2.75, 3.05) is 0 Å². The molecule has 2 aromatic heterocycles. The summed E-state index contributed by atoms with van der Waals surface area (Å²) in [6.45, 7) is 6.95. The molecular formula is C14H18S2. The van der Waals surface area contributed by atoms with Gasteiger partial charge in [0.15, 0.2) is 0 Å². The SMILES string of the molecule is CCCC(C)(C)c1ccc(-c2cccs2)s1. The molecule has 2 heterocycles. The Bertz CT molecular complexity index is 435. The van der Waals surface area contributed by atoms with Crippen molar-refractivity contribution in [3.8, 4) is 9.75 Å². The minimum atomic E-state index is 0.328. The number of hydrogen-bond donors (Lipinski definition) is 0. The third kappa shape index (κ3) is 2.38. The molecule has 2 aromatic rings. The van der Waals surface area contributed by atoms with Crippen LogP contribution in [0, 0.1) is 0 Å². The Labute approximate surface area is 106 Å². The van der Waals surface area contributed by atoms with Crippen molar-refractivity contribution in [1.82, 2.24) is 0 Å². The summed E-state index contributed by atoms with van der Waals surface area (Å²) in [6.07, 6.45) is 2.51. The van der Waals surface area contributed by atoms with Gasteiger partial charge in [-0.2, -0.15) is 0 Å². The summed E-state index contributed by atoms with van der Waals surface area (Å²) in [5.74, 6) is 0. The van der Waals surface area contributed by atoms with E-state index in [1.165, 1.54) is 27.5 Å². The van der Waals surface area contributed by atoms with Gasteiger partial charge >= 0.3 is 0 Å². The van der Waals surface area contributed by atoms with Crippen molar-refractivity contribution in [3.05, 3.63) is 34.5 Å². The molecule has 0 saturated heterocycles. The predicted octanol–water partition coefficient (Wildman–Crippen LogP) is 5.55. The number of hydrogen-bond acceptors (Lipinski definition) is 2. The van der Waals surface area contributed by atoms with Crippen LogP contribution in [-0.4, -0.2) is 0 Å². The van der Waals surface area contributed by atoms with Crippen molar-refractivity contribution in [2.24, 2.45) is 0 Å². The lowest BCUT2D eigenvalue weighted by Crippen LogP contribution is -2.14. The van der Waals surface area contributed by atoms with Crippen LogP contribution in [0.15, 0.2) is 29.6 Å². The van der Waals surface area contributed by atoms with E-state index in [9.17, 15) is 0 Å². The van der Waals surface area contributed by atoms with Crippen molar-refractivity contribution in [1.29, 1.82) is 0 Å². The van der Waals surface area contributed by atoms with Crippen LogP contribution < -0.4 is 0 Å². The van der Waals surface area contributed by atoms with E-state index in [1.807, 2.05) is 22.7 Å². The van der Waals surface area contributed by atoms with Crippen LogP contribution in [0.3, 0.4) is 0 Å². The minimum absolute atomic E-state index is 0.328. The molecule has 0 aliphatic carbocycles. The van der Waals surface area contributed by atoms with Crippen LogP contribution in [0.5, 0.6) is 0 Å². The fourth-order valence-electron chi connectivity index (χ4n) is 2.00. The molecule has 0 unspecified atom stereocenters. The molecule has 0 bridgehead atoms. The van der Waals surface area contributed by atoms with Crippen LogP contribution in [0.1, 0.15) is 38.5 Å². The maximum Gasteiger partial charge on any atom is 0.0445 e. The van der Waals surface area contributed by atoms with E-state index in [0.717, 1.165) is 0 Å². The molecule has 0 amide bonds. The molecule has 0 aliphatic rings. The van der Waals surface area contributed by atoms with Gasteiger partial charge in [-0.15, -0.1) is 22.7 Å². The molecular weight excluding hydrogens is 232 g/mol. The average Bonchev–Trinajstić information content (AvgIpc) is 2.89. The molecule has 0 N–H and O–H groups in total. The zero-order chi connectivity index (χ0) is 11.6. The van der Waals surface area contributed by atoms with E-state index in [2.05, 4.69) is 50.4 Å². The first kappa shape index (κ1) is 11.9. The Morgan fingerprint density at radius 2 is 1.94 bits per heavy atom. The number of rotatable bonds is 4. The van der Waals surface area contributed by atoms with Gasteiger partial charge in [-0.3, -0.25) is 0 Å². The topological polar surface area (TPSA) is 0 Å². The molecule has 0 saturated carbocycles. The summed E-state index contributed by atoms with van der Waals surface area (Å²) >= 11 is 3.77. The molecule has 86 valence electrons. The fraction of sp³-hybridized carbons (Fsp3) is 0.429. The molecule has 2 rings (SSSR count). The summed E-state index contributed by atoms with van der Waals surface area (Å²) in [5, 5.41) is 2.14. The average molecular weight is 250 g/mol. The summed E-state index contributed by atoms with van der Waals surface area (Å²) in [4.78, 5) is 4.32. The predicted molar refractivity (Wildman–Crippen MR) is 75.6 cm³/mol. The van der Waals surface area contributed by atoms with Crippen LogP contribution >= 0.6 is 22.7 Å². The Morgan fingerprint density at radius 1 is 1.12 bits per heavy atom. The van der Waals surface area contributed by atoms with Crippen molar-refractivity contribution >= 4 is 22.7 Å². The second-order valence-corrected chi connectivity index (χ2v) is 6.81. The molecule has 0 aliphatic heterocycles. The van der Waals surface area contributed by atoms with Gasteiger partial charge in [0.05, 0.1) is 0 Å². The van der Waals surface area contributed by atoms with Crippen LogP contribution in [-0.2, 0) is 5.41 Å². The first-order valence-electron chi connectivity index (χ1n) is 5.77. The van der Waals surface area contributed by atoms with E-state index in [0.29, 0.717) is 5.41 Å². The highest BCUT2D eigenvalue weighted by atomic mass is 32.1. The van der Waals surface area contributed by atoms with Gasteiger partial charge in [0.1, 0.15) is 0 Å². The lowest BCUT2D eigenvalue weighted by Gasteiger charge is -2.22. The van der Waals surface area contributed by atoms with Gasteiger partial charge in [0.2, 0.25) is 0 Å². The van der Waals surface area contributed by atoms with Crippen molar-refractivity contribution in [2.45, 2.75) is 39.0 Å². The Hall–Kier alpha value is -0.600. The summed E-state index contributed by atoms with van der Waals surface area (Å²) in [6, 6.07) is 8.89. The molecule has 16 heavy (non-hydrogen) atoms. The molecule has 0 atom stereocenters. The van der Waals surface area contributed by atoms with Crippen LogP contribution in [0.4, 0.5) is 0 Å². The maximum absolute atomic E-state index is 2.35. The highest BCUT2D eigenvalue weighted by molar-refractivity contribution is 7.21. The Balaban J connectivity index is 2.26. The zero-order valence-electron chi connectivity index (χ0n) is 10.1. The Kier molecular flexibility index (Phi) is 3.50. The quantitative estimate of drug-likeness (QED) is 0.667. The monoisotopic (exact) mass is 250 g/mol. The molecule has 0 spiro atoms. The first-order chi connectivity index (χ1) is 7.63. The van der Waals surface area contributed by atoms with E-state index in [1.54, 1.807) is 0 Å². The van der Waals surface area contributed by atoms with E-state index >= 15 is 0 Å². The molecule has 0 radical (unpaired) electrons. The van der Waals surface area contributed by atoms with Gasteiger partial charge in [0, 0.05) is 14.6 Å². The molecule has 0 nitrogen and oxygen atoms in total. The van der Waals surface area contributed by atoms with Gasteiger partial charge in [-0.05, 0) is 35.4 Å². The van der Waals surface area contributed by atoms with Gasteiger partial charge in [-0.1, -0.05) is 33.3 Å². The second kappa shape index (κ2) is 4.72. The van der Waals surface area contributed by atoms with Crippen LogP contribution in [0.25, 0.3) is 9.75 Å². The second-order valence-electron chi connectivity index (χ2n) is 4.78. The normalized spacial score (nSPS) is 11.9. The van der Waals surface area contributed by atoms with Gasteiger partial charge in [0.25, 0.3) is 0 Å². The summed E-state index contributed by atoms with van der Waals surface area (Å²) < 4.78 is 0. The molecule has 0 aromatic carbocycles. The lowest BCUT2D eigenvalue weighted by molar-refractivity contribution is 0.482. The third-order valence-corrected chi connectivity index (χ3v) is 5.43. The van der Waals surface area contributed by atoms with E-state index in [-0.39, 0.29) is 0 Å². The fourth-order valence-corrected chi connectivity index (χ4v) is 3.97. The van der Waals surface area contributed by atoms with E-state index < -0.39 is 0 Å². The maximum atomic E-state index is 2.35. The third-order valence-electron chi connectivity index (χ3n) is 2.91.